The van der Waals surface area contributed by atoms with Crippen LogP contribution in [0.2, 0.25) is 0 Å². The lowest BCUT2D eigenvalue weighted by molar-refractivity contribution is -0.129. The van der Waals surface area contributed by atoms with E-state index in [1.807, 2.05) is 19.9 Å². The van der Waals surface area contributed by atoms with Crippen molar-refractivity contribution in [3.63, 3.8) is 0 Å². The molecule has 0 bridgehead atoms. The lowest BCUT2D eigenvalue weighted by atomic mass is 10.1. The van der Waals surface area contributed by atoms with Crippen molar-refractivity contribution in [3.05, 3.63) is 0 Å². The third-order valence-corrected chi connectivity index (χ3v) is 2.49. The van der Waals surface area contributed by atoms with Gasteiger partial charge in [-0.2, -0.15) is 5.26 Å². The molecule has 0 aromatic carbocycles. The zero-order chi connectivity index (χ0) is 11.4. The summed E-state index contributed by atoms with van der Waals surface area (Å²) in [4.78, 5) is 24.7. The molecule has 1 aliphatic rings. The van der Waals surface area contributed by atoms with Gasteiger partial charge in [0.15, 0.2) is 0 Å². The van der Waals surface area contributed by atoms with E-state index in [1.165, 1.54) is 0 Å². The SMILES string of the molecule is CC(C)N1C[C@H](C(=O)NCC#N)CC1=O. The molecule has 1 aliphatic heterocycles. The van der Waals surface area contributed by atoms with Crippen LogP contribution in [-0.4, -0.2) is 35.8 Å². The monoisotopic (exact) mass is 209 g/mol. The Morgan fingerprint density at radius 3 is 2.87 bits per heavy atom. The van der Waals surface area contributed by atoms with Crippen LogP contribution < -0.4 is 5.32 Å². The summed E-state index contributed by atoms with van der Waals surface area (Å²) in [5, 5.41) is 10.8. The van der Waals surface area contributed by atoms with Gasteiger partial charge in [-0.25, -0.2) is 0 Å². The van der Waals surface area contributed by atoms with Gasteiger partial charge in [-0.15, -0.1) is 0 Å². The van der Waals surface area contributed by atoms with Gasteiger partial charge in [0.25, 0.3) is 0 Å². The number of hydrogen-bond acceptors (Lipinski definition) is 3. The van der Waals surface area contributed by atoms with Crippen molar-refractivity contribution < 1.29 is 9.59 Å². The molecular formula is C10H15N3O2. The quantitative estimate of drug-likeness (QED) is 0.659. The van der Waals surface area contributed by atoms with E-state index in [0.717, 1.165) is 0 Å². The second kappa shape index (κ2) is 4.78. The molecule has 0 saturated carbocycles. The molecule has 0 aromatic rings. The van der Waals surface area contributed by atoms with Crippen LogP contribution in [0, 0.1) is 17.2 Å². The Balaban J connectivity index is 2.51. The zero-order valence-corrected chi connectivity index (χ0v) is 8.99. The topological polar surface area (TPSA) is 73.2 Å². The van der Waals surface area contributed by atoms with E-state index < -0.39 is 0 Å². The predicted molar refractivity (Wildman–Crippen MR) is 53.6 cm³/mol. The summed E-state index contributed by atoms with van der Waals surface area (Å²) in [6, 6.07) is 1.97. The summed E-state index contributed by atoms with van der Waals surface area (Å²) in [5.74, 6) is -0.483. The standard InChI is InChI=1S/C10H15N3O2/c1-7(2)13-6-8(5-9(13)14)10(15)12-4-3-11/h7-8H,4-6H2,1-2H3,(H,12,15)/t8-/m1/s1. The molecule has 15 heavy (non-hydrogen) atoms. The number of nitriles is 1. The lowest BCUT2D eigenvalue weighted by Crippen LogP contribution is -2.35. The number of hydrogen-bond donors (Lipinski definition) is 1. The first-order valence-electron chi connectivity index (χ1n) is 5.00. The molecule has 1 heterocycles. The normalized spacial score (nSPS) is 20.5. The molecule has 0 unspecified atom stereocenters. The van der Waals surface area contributed by atoms with Crippen LogP contribution in [0.15, 0.2) is 0 Å². The molecule has 82 valence electrons. The fraction of sp³-hybridized carbons (Fsp3) is 0.700. The summed E-state index contributed by atoms with van der Waals surface area (Å²) < 4.78 is 0. The molecule has 1 saturated heterocycles. The van der Waals surface area contributed by atoms with E-state index in [9.17, 15) is 9.59 Å². The Bertz CT molecular complexity index is 306. The van der Waals surface area contributed by atoms with Crippen molar-refractivity contribution >= 4 is 11.8 Å². The summed E-state index contributed by atoms with van der Waals surface area (Å²) in [5.41, 5.74) is 0. The van der Waals surface area contributed by atoms with Crippen LogP contribution in [-0.2, 0) is 9.59 Å². The third kappa shape index (κ3) is 2.69. The highest BCUT2D eigenvalue weighted by Gasteiger charge is 2.35. The average Bonchev–Trinajstić information content (AvgIpc) is 2.56. The Labute approximate surface area is 89.0 Å². The molecule has 1 atom stereocenters. The van der Waals surface area contributed by atoms with Crippen LogP contribution in [0.1, 0.15) is 20.3 Å². The van der Waals surface area contributed by atoms with Gasteiger partial charge in [0.1, 0.15) is 6.54 Å². The highest BCUT2D eigenvalue weighted by Crippen LogP contribution is 2.19. The molecular weight excluding hydrogens is 194 g/mol. The van der Waals surface area contributed by atoms with Crippen molar-refractivity contribution in [2.24, 2.45) is 5.92 Å². The van der Waals surface area contributed by atoms with Crippen LogP contribution in [0.25, 0.3) is 0 Å². The highest BCUT2D eigenvalue weighted by molar-refractivity contribution is 5.89. The van der Waals surface area contributed by atoms with E-state index in [0.29, 0.717) is 6.54 Å². The Morgan fingerprint density at radius 2 is 2.40 bits per heavy atom. The van der Waals surface area contributed by atoms with Crippen LogP contribution >= 0.6 is 0 Å². The number of nitrogens with zero attached hydrogens (tertiary/aromatic N) is 2. The number of amides is 2. The molecule has 0 aromatic heterocycles. The smallest absolute Gasteiger partial charge is 0.226 e. The van der Waals surface area contributed by atoms with E-state index in [2.05, 4.69) is 5.32 Å². The minimum absolute atomic E-state index is 0.00516. The van der Waals surface area contributed by atoms with Gasteiger partial charge in [0.2, 0.25) is 11.8 Å². The molecule has 1 N–H and O–H groups in total. The van der Waals surface area contributed by atoms with Crippen molar-refractivity contribution in [1.82, 2.24) is 10.2 Å². The van der Waals surface area contributed by atoms with Crippen LogP contribution in [0.3, 0.4) is 0 Å². The molecule has 2 amide bonds. The fourth-order valence-electron chi connectivity index (χ4n) is 1.68. The minimum Gasteiger partial charge on any atom is -0.343 e. The van der Waals surface area contributed by atoms with Gasteiger partial charge < -0.3 is 10.2 Å². The summed E-state index contributed by atoms with van der Waals surface area (Å²) in [7, 11) is 0. The van der Waals surface area contributed by atoms with E-state index in [4.69, 9.17) is 5.26 Å². The van der Waals surface area contributed by atoms with Crippen LogP contribution in [0.5, 0.6) is 0 Å². The van der Waals surface area contributed by atoms with Gasteiger partial charge in [0.05, 0.1) is 12.0 Å². The van der Waals surface area contributed by atoms with Crippen molar-refractivity contribution in [3.8, 4) is 6.07 Å². The van der Waals surface area contributed by atoms with Gasteiger partial charge in [-0.05, 0) is 13.8 Å². The van der Waals surface area contributed by atoms with E-state index in [1.54, 1.807) is 4.90 Å². The maximum absolute atomic E-state index is 11.5. The van der Waals surface area contributed by atoms with Crippen molar-refractivity contribution in [2.45, 2.75) is 26.3 Å². The van der Waals surface area contributed by atoms with Gasteiger partial charge in [-0.3, -0.25) is 9.59 Å². The van der Waals surface area contributed by atoms with E-state index >= 15 is 0 Å². The maximum Gasteiger partial charge on any atom is 0.226 e. The van der Waals surface area contributed by atoms with E-state index in [-0.39, 0.29) is 36.7 Å². The molecule has 0 aliphatic carbocycles. The fourth-order valence-corrected chi connectivity index (χ4v) is 1.68. The molecule has 1 fully saturated rings. The second-order valence-electron chi connectivity index (χ2n) is 3.92. The van der Waals surface area contributed by atoms with Gasteiger partial charge >= 0.3 is 0 Å². The minimum atomic E-state index is -0.298. The highest BCUT2D eigenvalue weighted by atomic mass is 16.2. The third-order valence-electron chi connectivity index (χ3n) is 2.49. The second-order valence-corrected chi connectivity index (χ2v) is 3.92. The summed E-state index contributed by atoms with van der Waals surface area (Å²) >= 11 is 0. The zero-order valence-electron chi connectivity index (χ0n) is 8.99. The lowest BCUT2D eigenvalue weighted by Gasteiger charge is -2.20. The molecule has 0 radical (unpaired) electrons. The molecule has 5 heteroatoms. The first-order chi connectivity index (χ1) is 7.06. The maximum atomic E-state index is 11.5. The summed E-state index contributed by atoms with van der Waals surface area (Å²) in [6.45, 7) is 4.32. The Kier molecular flexibility index (Phi) is 3.67. The number of likely N-dealkylation sites (tertiary alicyclic amines) is 1. The Hall–Kier alpha value is -1.57. The first-order valence-corrected chi connectivity index (χ1v) is 5.00. The van der Waals surface area contributed by atoms with Crippen molar-refractivity contribution in [1.29, 1.82) is 5.26 Å². The molecule has 5 nitrogen and oxygen atoms in total. The molecule has 1 rings (SSSR count). The average molecular weight is 209 g/mol. The van der Waals surface area contributed by atoms with Gasteiger partial charge in [0, 0.05) is 19.0 Å². The van der Waals surface area contributed by atoms with Crippen molar-refractivity contribution in [2.75, 3.05) is 13.1 Å². The largest absolute Gasteiger partial charge is 0.343 e. The summed E-state index contributed by atoms with van der Waals surface area (Å²) in [6.07, 6.45) is 0.259. The van der Waals surface area contributed by atoms with Gasteiger partial charge in [-0.1, -0.05) is 0 Å². The Morgan fingerprint density at radius 1 is 1.73 bits per heavy atom. The number of rotatable bonds is 3. The van der Waals surface area contributed by atoms with Crippen LogP contribution in [0.4, 0.5) is 0 Å². The first kappa shape index (κ1) is 11.5. The number of carbonyl (C=O) groups is 2. The molecule has 0 spiro atoms. The number of carbonyl (C=O) groups excluding carboxylic acids is 2. The number of nitrogens with one attached hydrogen (secondary N) is 1. The predicted octanol–water partition coefficient (Wildman–Crippen LogP) is -0.117.